The second kappa shape index (κ2) is 9.10. The van der Waals surface area contributed by atoms with Gasteiger partial charge in [-0.1, -0.05) is 18.7 Å². The Balaban J connectivity index is 4.52. The average molecular weight is 290 g/mol. The van der Waals surface area contributed by atoms with Crippen molar-refractivity contribution in [2.45, 2.75) is 26.9 Å². The van der Waals surface area contributed by atoms with E-state index in [9.17, 15) is 4.57 Å². The van der Waals surface area contributed by atoms with Crippen molar-refractivity contribution in [2.75, 3.05) is 20.8 Å². The van der Waals surface area contributed by atoms with Crippen molar-refractivity contribution in [1.82, 2.24) is 0 Å². The van der Waals surface area contributed by atoms with Gasteiger partial charge in [0.15, 0.2) is 0 Å². The SMILES string of the molecule is C=C(/C=C/C=C(\C)C(C)OP(=O)(OC)OC)OCC. The molecule has 1 unspecified atom stereocenters. The van der Waals surface area contributed by atoms with Crippen LogP contribution in [0, 0.1) is 0 Å². The van der Waals surface area contributed by atoms with Crippen LogP contribution in [0.2, 0.25) is 0 Å². The van der Waals surface area contributed by atoms with Crippen molar-refractivity contribution >= 4 is 7.82 Å². The van der Waals surface area contributed by atoms with Crippen LogP contribution < -0.4 is 0 Å². The molecule has 0 aromatic carbocycles. The third-order valence-corrected chi connectivity index (χ3v) is 3.82. The second-order valence-electron chi connectivity index (χ2n) is 3.73. The van der Waals surface area contributed by atoms with E-state index in [1.807, 2.05) is 19.9 Å². The smallest absolute Gasteiger partial charge is 0.474 e. The number of rotatable bonds is 9. The van der Waals surface area contributed by atoms with Gasteiger partial charge in [-0.15, -0.1) is 0 Å². The van der Waals surface area contributed by atoms with Crippen molar-refractivity contribution < 1.29 is 22.9 Å². The van der Waals surface area contributed by atoms with E-state index in [1.165, 1.54) is 14.2 Å². The molecule has 6 heteroatoms. The Bertz CT molecular complexity index is 378. The first kappa shape index (κ1) is 18.1. The van der Waals surface area contributed by atoms with E-state index in [0.29, 0.717) is 12.4 Å². The Labute approximate surface area is 115 Å². The molecule has 0 N–H and O–H groups in total. The van der Waals surface area contributed by atoms with Gasteiger partial charge in [0.25, 0.3) is 0 Å². The molecule has 110 valence electrons. The first-order valence-corrected chi connectivity index (χ1v) is 7.41. The lowest BCUT2D eigenvalue weighted by Crippen LogP contribution is -2.09. The summed E-state index contributed by atoms with van der Waals surface area (Å²) in [6.07, 6.45) is 4.96. The van der Waals surface area contributed by atoms with Gasteiger partial charge < -0.3 is 4.74 Å². The van der Waals surface area contributed by atoms with Gasteiger partial charge in [0.05, 0.1) is 12.7 Å². The van der Waals surface area contributed by atoms with Gasteiger partial charge in [0.1, 0.15) is 5.76 Å². The molecule has 0 fully saturated rings. The molecule has 19 heavy (non-hydrogen) atoms. The van der Waals surface area contributed by atoms with Crippen LogP contribution in [0.3, 0.4) is 0 Å². The van der Waals surface area contributed by atoms with Crippen molar-refractivity contribution in [3.63, 3.8) is 0 Å². The van der Waals surface area contributed by atoms with Gasteiger partial charge in [-0.05, 0) is 32.4 Å². The summed E-state index contributed by atoms with van der Waals surface area (Å²) in [4.78, 5) is 0. The minimum atomic E-state index is -3.46. The summed E-state index contributed by atoms with van der Waals surface area (Å²) in [6, 6.07) is 0. The highest BCUT2D eigenvalue weighted by Crippen LogP contribution is 2.49. The molecule has 0 bridgehead atoms. The van der Waals surface area contributed by atoms with Crippen LogP contribution in [-0.4, -0.2) is 26.9 Å². The van der Waals surface area contributed by atoms with Crippen molar-refractivity contribution in [1.29, 1.82) is 0 Å². The lowest BCUT2D eigenvalue weighted by atomic mass is 10.2. The van der Waals surface area contributed by atoms with Gasteiger partial charge in [0, 0.05) is 14.2 Å². The van der Waals surface area contributed by atoms with E-state index in [4.69, 9.17) is 18.3 Å². The fourth-order valence-corrected chi connectivity index (χ4v) is 1.99. The lowest BCUT2D eigenvalue weighted by Gasteiger charge is -2.19. The van der Waals surface area contributed by atoms with Crippen LogP contribution in [-0.2, 0) is 22.9 Å². The number of phosphoric ester groups is 1. The largest absolute Gasteiger partial charge is 0.495 e. The van der Waals surface area contributed by atoms with Crippen LogP contribution in [0.4, 0.5) is 0 Å². The topological polar surface area (TPSA) is 54.0 Å². The summed E-state index contributed by atoms with van der Waals surface area (Å²) in [6.45, 7) is 9.81. The van der Waals surface area contributed by atoms with Crippen LogP contribution in [0.5, 0.6) is 0 Å². The molecular weight excluding hydrogens is 267 g/mol. The zero-order valence-corrected chi connectivity index (χ0v) is 13.1. The van der Waals surface area contributed by atoms with Gasteiger partial charge >= 0.3 is 7.82 Å². The molecule has 0 aliphatic heterocycles. The van der Waals surface area contributed by atoms with Crippen molar-refractivity contribution in [3.8, 4) is 0 Å². The Kier molecular flexibility index (Phi) is 8.68. The van der Waals surface area contributed by atoms with Gasteiger partial charge in [-0.3, -0.25) is 13.6 Å². The van der Waals surface area contributed by atoms with Crippen molar-refractivity contribution in [2.24, 2.45) is 0 Å². The molecule has 0 rings (SSSR count). The Morgan fingerprint density at radius 2 is 1.95 bits per heavy atom. The zero-order valence-electron chi connectivity index (χ0n) is 12.2. The summed E-state index contributed by atoms with van der Waals surface area (Å²) < 4.78 is 31.6. The minimum absolute atomic E-state index is 0.393. The van der Waals surface area contributed by atoms with E-state index >= 15 is 0 Å². The normalized spacial score (nSPS) is 14.7. The predicted octanol–water partition coefficient (Wildman–Crippen LogP) is 3.85. The molecule has 0 heterocycles. The monoisotopic (exact) mass is 290 g/mol. The fraction of sp³-hybridized carbons (Fsp3) is 0.538. The third-order valence-electron chi connectivity index (χ3n) is 2.35. The first-order chi connectivity index (χ1) is 8.88. The van der Waals surface area contributed by atoms with Crippen LogP contribution in [0.25, 0.3) is 0 Å². The number of phosphoric acid groups is 1. The second-order valence-corrected chi connectivity index (χ2v) is 5.56. The first-order valence-electron chi connectivity index (χ1n) is 5.95. The fourth-order valence-electron chi connectivity index (χ4n) is 1.11. The molecule has 1 atom stereocenters. The van der Waals surface area contributed by atoms with E-state index in [2.05, 4.69) is 6.58 Å². The summed E-state index contributed by atoms with van der Waals surface area (Å²) in [5.41, 5.74) is 0.870. The average Bonchev–Trinajstić information content (AvgIpc) is 2.38. The molecule has 0 saturated carbocycles. The molecular formula is C13H23O5P. The van der Waals surface area contributed by atoms with Crippen LogP contribution >= 0.6 is 7.82 Å². The molecule has 0 aromatic rings. The number of ether oxygens (including phenoxy) is 1. The highest BCUT2D eigenvalue weighted by molar-refractivity contribution is 7.48. The lowest BCUT2D eigenvalue weighted by molar-refractivity contribution is 0.128. The molecule has 0 radical (unpaired) electrons. The maximum Gasteiger partial charge on any atom is 0.474 e. The van der Waals surface area contributed by atoms with E-state index in [-0.39, 0.29) is 0 Å². The molecule has 0 aliphatic rings. The Morgan fingerprint density at radius 1 is 1.37 bits per heavy atom. The van der Waals surface area contributed by atoms with Crippen LogP contribution in [0.1, 0.15) is 20.8 Å². The predicted molar refractivity (Wildman–Crippen MR) is 75.8 cm³/mol. The van der Waals surface area contributed by atoms with E-state index in [1.54, 1.807) is 19.1 Å². The van der Waals surface area contributed by atoms with E-state index in [0.717, 1.165) is 5.57 Å². The van der Waals surface area contributed by atoms with Gasteiger partial charge in [0.2, 0.25) is 0 Å². The molecule has 0 saturated heterocycles. The molecule has 0 amide bonds. The minimum Gasteiger partial charge on any atom is -0.495 e. The highest BCUT2D eigenvalue weighted by atomic mass is 31.2. The molecule has 0 spiro atoms. The number of allylic oxidation sites excluding steroid dienone is 3. The summed E-state index contributed by atoms with van der Waals surface area (Å²) >= 11 is 0. The van der Waals surface area contributed by atoms with Gasteiger partial charge in [-0.2, -0.15) is 0 Å². The summed E-state index contributed by atoms with van der Waals surface area (Å²) in [7, 11) is -0.901. The number of hydrogen-bond donors (Lipinski definition) is 0. The third kappa shape index (κ3) is 7.33. The molecule has 0 aromatic heterocycles. The Hall–Kier alpha value is -0.870. The zero-order chi connectivity index (χ0) is 14.9. The standard InChI is InChI=1S/C13H23O5P/c1-7-17-12(3)10-8-9-11(2)13(4)18-19(14,15-5)16-6/h8-10,13H,3,7H2,1-2,4-6H3/b10-8+,11-9+. The van der Waals surface area contributed by atoms with Crippen molar-refractivity contribution in [3.05, 3.63) is 36.1 Å². The highest BCUT2D eigenvalue weighted by Gasteiger charge is 2.26. The Morgan fingerprint density at radius 3 is 2.42 bits per heavy atom. The van der Waals surface area contributed by atoms with E-state index < -0.39 is 13.9 Å². The number of hydrogen-bond acceptors (Lipinski definition) is 5. The molecule has 0 aliphatic carbocycles. The summed E-state index contributed by atoms with van der Waals surface area (Å²) in [5, 5.41) is 0. The maximum atomic E-state index is 11.8. The van der Waals surface area contributed by atoms with Gasteiger partial charge in [-0.25, -0.2) is 4.57 Å². The quantitative estimate of drug-likeness (QED) is 0.367. The van der Waals surface area contributed by atoms with Crippen LogP contribution in [0.15, 0.2) is 36.1 Å². The molecule has 5 nitrogen and oxygen atoms in total. The maximum absolute atomic E-state index is 11.8. The summed E-state index contributed by atoms with van der Waals surface area (Å²) in [5.74, 6) is 0.583.